The van der Waals surface area contributed by atoms with Crippen molar-refractivity contribution in [2.45, 2.75) is 0 Å². The molecule has 0 spiro atoms. The van der Waals surface area contributed by atoms with Gasteiger partial charge in [0.15, 0.2) is 0 Å². The maximum Gasteiger partial charge on any atom is 0.322 e. The SMILES string of the molecule is O=C(O)CNC(=O)c1csc(-c2ccc(O)c(Cl)c2O)n1. The molecule has 0 unspecified atom stereocenters. The van der Waals surface area contributed by atoms with Gasteiger partial charge in [-0.05, 0) is 12.1 Å². The normalized spacial score (nSPS) is 10.3. The Bertz CT molecular complexity index is 716. The molecule has 9 heteroatoms. The van der Waals surface area contributed by atoms with Crippen molar-refractivity contribution in [1.82, 2.24) is 10.3 Å². The largest absolute Gasteiger partial charge is 0.506 e. The number of aromatic hydroxyl groups is 2. The molecule has 1 aromatic carbocycles. The summed E-state index contributed by atoms with van der Waals surface area (Å²) in [6, 6.07) is 2.71. The number of aromatic nitrogens is 1. The van der Waals surface area contributed by atoms with Gasteiger partial charge in [0.1, 0.15) is 33.8 Å². The van der Waals surface area contributed by atoms with Crippen LogP contribution in [0, 0.1) is 0 Å². The summed E-state index contributed by atoms with van der Waals surface area (Å²) in [5, 5.41) is 31.4. The average molecular weight is 329 g/mol. The lowest BCUT2D eigenvalue weighted by Gasteiger charge is -2.04. The van der Waals surface area contributed by atoms with Crippen molar-refractivity contribution in [2.24, 2.45) is 0 Å². The molecule has 110 valence electrons. The van der Waals surface area contributed by atoms with Gasteiger partial charge in [-0.15, -0.1) is 11.3 Å². The van der Waals surface area contributed by atoms with Crippen LogP contribution in [0.2, 0.25) is 5.02 Å². The molecular formula is C12H9ClN2O5S. The van der Waals surface area contributed by atoms with Crippen LogP contribution in [-0.2, 0) is 4.79 Å². The highest BCUT2D eigenvalue weighted by molar-refractivity contribution is 7.13. The van der Waals surface area contributed by atoms with Gasteiger partial charge in [0.25, 0.3) is 5.91 Å². The number of phenolic OH excluding ortho intramolecular Hbond substituents is 2. The summed E-state index contributed by atoms with van der Waals surface area (Å²) in [5.41, 5.74) is 0.292. The first kappa shape index (κ1) is 15.1. The highest BCUT2D eigenvalue weighted by Crippen LogP contribution is 2.41. The Morgan fingerprint density at radius 1 is 1.33 bits per heavy atom. The molecule has 0 saturated heterocycles. The maximum absolute atomic E-state index is 11.6. The third-order valence-electron chi connectivity index (χ3n) is 2.46. The molecule has 7 nitrogen and oxygen atoms in total. The zero-order valence-electron chi connectivity index (χ0n) is 10.3. The zero-order chi connectivity index (χ0) is 15.6. The molecule has 1 heterocycles. The summed E-state index contributed by atoms with van der Waals surface area (Å²) in [5.74, 6) is -2.41. The van der Waals surface area contributed by atoms with Gasteiger partial charge in [0, 0.05) is 5.38 Å². The predicted molar refractivity (Wildman–Crippen MR) is 75.9 cm³/mol. The number of aliphatic carboxylic acids is 1. The van der Waals surface area contributed by atoms with E-state index >= 15 is 0 Å². The van der Waals surface area contributed by atoms with E-state index in [1.807, 2.05) is 0 Å². The molecule has 0 saturated carbocycles. The summed E-state index contributed by atoms with van der Waals surface area (Å²) in [6.07, 6.45) is 0. The van der Waals surface area contributed by atoms with Crippen LogP contribution in [0.3, 0.4) is 0 Å². The van der Waals surface area contributed by atoms with E-state index in [1.54, 1.807) is 0 Å². The second kappa shape index (κ2) is 5.98. The lowest BCUT2D eigenvalue weighted by atomic mass is 10.2. The Hall–Kier alpha value is -2.32. The fourth-order valence-electron chi connectivity index (χ4n) is 1.47. The number of carbonyl (C=O) groups is 2. The molecule has 0 bridgehead atoms. The lowest BCUT2D eigenvalue weighted by molar-refractivity contribution is -0.135. The number of carboxylic acids is 1. The second-order valence-corrected chi connectivity index (χ2v) is 5.15. The molecule has 0 aliphatic rings. The van der Waals surface area contributed by atoms with E-state index in [0.29, 0.717) is 5.01 Å². The molecule has 2 rings (SSSR count). The van der Waals surface area contributed by atoms with Crippen LogP contribution < -0.4 is 5.32 Å². The van der Waals surface area contributed by atoms with Crippen LogP contribution in [0.15, 0.2) is 17.5 Å². The molecule has 0 aliphatic carbocycles. The van der Waals surface area contributed by atoms with Gasteiger partial charge in [-0.25, -0.2) is 4.98 Å². The highest BCUT2D eigenvalue weighted by Gasteiger charge is 2.17. The van der Waals surface area contributed by atoms with E-state index in [1.165, 1.54) is 17.5 Å². The molecule has 0 atom stereocenters. The number of nitrogens with zero attached hydrogens (tertiary/aromatic N) is 1. The minimum Gasteiger partial charge on any atom is -0.506 e. The minimum atomic E-state index is -1.17. The third-order valence-corrected chi connectivity index (χ3v) is 3.71. The van der Waals surface area contributed by atoms with Crippen LogP contribution in [0.25, 0.3) is 10.6 Å². The van der Waals surface area contributed by atoms with E-state index < -0.39 is 18.4 Å². The van der Waals surface area contributed by atoms with E-state index in [-0.39, 0.29) is 27.8 Å². The van der Waals surface area contributed by atoms with Crippen LogP contribution in [-0.4, -0.2) is 38.7 Å². The fraction of sp³-hybridized carbons (Fsp3) is 0.0833. The van der Waals surface area contributed by atoms with E-state index in [2.05, 4.69) is 10.3 Å². The van der Waals surface area contributed by atoms with Crippen molar-refractivity contribution in [3.05, 3.63) is 28.2 Å². The van der Waals surface area contributed by atoms with Crippen molar-refractivity contribution < 1.29 is 24.9 Å². The minimum absolute atomic E-state index is 0.0276. The summed E-state index contributed by atoms with van der Waals surface area (Å²) in [6.45, 7) is -0.512. The monoisotopic (exact) mass is 328 g/mol. The number of benzene rings is 1. The summed E-state index contributed by atoms with van der Waals surface area (Å²) >= 11 is 6.79. The summed E-state index contributed by atoms with van der Waals surface area (Å²) < 4.78 is 0. The molecule has 0 fully saturated rings. The van der Waals surface area contributed by atoms with Crippen LogP contribution in [0.5, 0.6) is 11.5 Å². The van der Waals surface area contributed by atoms with E-state index in [9.17, 15) is 19.8 Å². The molecule has 2 aromatic rings. The number of carboxylic acid groups (broad SMARTS) is 1. The number of amides is 1. The van der Waals surface area contributed by atoms with Gasteiger partial charge >= 0.3 is 5.97 Å². The first-order valence-corrected chi connectivity index (χ1v) is 6.82. The van der Waals surface area contributed by atoms with Crippen LogP contribution in [0.1, 0.15) is 10.5 Å². The quantitative estimate of drug-likeness (QED) is 0.678. The third kappa shape index (κ3) is 3.23. The standard InChI is InChI=1S/C12H9ClN2O5S/c13-9-7(16)2-1-5(10(9)19)12-15-6(4-21-12)11(20)14-3-8(17)18/h1-2,4,16,19H,3H2,(H,14,20)(H,17,18). The van der Waals surface area contributed by atoms with Crippen molar-refractivity contribution in [1.29, 1.82) is 0 Å². The Labute approximate surface area is 127 Å². The van der Waals surface area contributed by atoms with E-state index in [4.69, 9.17) is 16.7 Å². The predicted octanol–water partition coefficient (Wildman–Crippen LogP) is 1.69. The maximum atomic E-state index is 11.6. The molecule has 21 heavy (non-hydrogen) atoms. The molecular weight excluding hydrogens is 320 g/mol. The number of hydrogen-bond donors (Lipinski definition) is 4. The summed E-state index contributed by atoms with van der Waals surface area (Å²) in [4.78, 5) is 26.0. The average Bonchev–Trinajstić information content (AvgIpc) is 2.92. The zero-order valence-corrected chi connectivity index (χ0v) is 11.9. The smallest absolute Gasteiger partial charge is 0.322 e. The Balaban J connectivity index is 2.26. The Morgan fingerprint density at radius 2 is 2.05 bits per heavy atom. The topological polar surface area (TPSA) is 120 Å². The van der Waals surface area contributed by atoms with Crippen molar-refractivity contribution in [3.63, 3.8) is 0 Å². The van der Waals surface area contributed by atoms with Crippen LogP contribution >= 0.6 is 22.9 Å². The number of thiazole rings is 1. The fourth-order valence-corrected chi connectivity index (χ4v) is 2.47. The Morgan fingerprint density at radius 3 is 2.71 bits per heavy atom. The first-order valence-electron chi connectivity index (χ1n) is 5.56. The van der Waals surface area contributed by atoms with Gasteiger partial charge in [0.05, 0.1) is 5.56 Å². The lowest BCUT2D eigenvalue weighted by Crippen LogP contribution is -2.29. The van der Waals surface area contributed by atoms with Gasteiger partial charge in [-0.3, -0.25) is 9.59 Å². The second-order valence-electron chi connectivity index (χ2n) is 3.91. The number of hydrogen-bond acceptors (Lipinski definition) is 6. The first-order chi connectivity index (χ1) is 9.90. The van der Waals surface area contributed by atoms with E-state index in [0.717, 1.165) is 11.3 Å². The number of phenols is 2. The van der Waals surface area contributed by atoms with Crippen molar-refractivity contribution in [3.8, 4) is 22.1 Å². The van der Waals surface area contributed by atoms with Gasteiger partial charge in [-0.1, -0.05) is 11.6 Å². The molecule has 1 amide bonds. The number of nitrogens with one attached hydrogen (secondary N) is 1. The molecule has 4 N–H and O–H groups in total. The molecule has 0 aliphatic heterocycles. The molecule has 1 aromatic heterocycles. The number of rotatable bonds is 4. The number of halogens is 1. The Kier molecular flexibility index (Phi) is 4.29. The van der Waals surface area contributed by atoms with Gasteiger partial charge in [0.2, 0.25) is 0 Å². The van der Waals surface area contributed by atoms with Crippen molar-refractivity contribution in [2.75, 3.05) is 6.54 Å². The van der Waals surface area contributed by atoms with Gasteiger partial charge in [-0.2, -0.15) is 0 Å². The summed E-state index contributed by atoms with van der Waals surface area (Å²) in [7, 11) is 0. The molecule has 0 radical (unpaired) electrons. The van der Waals surface area contributed by atoms with Gasteiger partial charge < -0.3 is 20.6 Å². The van der Waals surface area contributed by atoms with Crippen LogP contribution in [0.4, 0.5) is 0 Å². The van der Waals surface area contributed by atoms with Crippen molar-refractivity contribution >= 4 is 34.8 Å². The number of carbonyl (C=O) groups excluding carboxylic acids is 1. The highest BCUT2D eigenvalue weighted by atomic mass is 35.5.